The van der Waals surface area contributed by atoms with Gasteiger partial charge in [0.05, 0.1) is 26.4 Å². The number of hydrogen-bond acceptors (Lipinski definition) is 5. The van der Waals surface area contributed by atoms with E-state index in [9.17, 15) is 4.79 Å². The van der Waals surface area contributed by atoms with Crippen molar-refractivity contribution < 1.29 is 24.2 Å². The lowest BCUT2D eigenvalue weighted by atomic mass is 10.2. The van der Waals surface area contributed by atoms with Gasteiger partial charge in [-0.25, -0.2) is 4.79 Å². The van der Waals surface area contributed by atoms with E-state index in [2.05, 4.69) is 6.58 Å². The summed E-state index contributed by atoms with van der Waals surface area (Å²) in [6, 6.07) is 0. The van der Waals surface area contributed by atoms with Gasteiger partial charge in [-0.1, -0.05) is 19.9 Å². The summed E-state index contributed by atoms with van der Waals surface area (Å²) in [5.41, 5.74) is -0.540. The van der Waals surface area contributed by atoms with Crippen LogP contribution in [0.5, 0.6) is 0 Å². The van der Waals surface area contributed by atoms with Crippen molar-refractivity contribution in [3.05, 3.63) is 12.7 Å². The lowest BCUT2D eigenvalue weighted by Gasteiger charge is -2.23. The Labute approximate surface area is 129 Å². The SMILES string of the molecule is C=CC.CC.CN(OCCOCCO)C(=O)OC(C)(C)C. The highest BCUT2D eigenvalue weighted by Gasteiger charge is 2.19. The lowest BCUT2D eigenvalue weighted by Crippen LogP contribution is -2.35. The molecular formula is C15H33NO5. The van der Waals surface area contributed by atoms with Gasteiger partial charge in [0.2, 0.25) is 0 Å². The van der Waals surface area contributed by atoms with Gasteiger partial charge in [-0.05, 0) is 27.7 Å². The van der Waals surface area contributed by atoms with Crippen LogP contribution in [0.25, 0.3) is 0 Å². The molecule has 128 valence electrons. The highest BCUT2D eigenvalue weighted by molar-refractivity contribution is 5.66. The van der Waals surface area contributed by atoms with Gasteiger partial charge in [0, 0.05) is 7.05 Å². The van der Waals surface area contributed by atoms with Gasteiger partial charge in [0.1, 0.15) is 5.60 Å². The highest BCUT2D eigenvalue weighted by Crippen LogP contribution is 2.08. The van der Waals surface area contributed by atoms with Crippen molar-refractivity contribution in [2.24, 2.45) is 0 Å². The number of amides is 1. The lowest BCUT2D eigenvalue weighted by molar-refractivity contribution is -0.142. The van der Waals surface area contributed by atoms with Crippen LogP contribution < -0.4 is 0 Å². The van der Waals surface area contributed by atoms with Crippen LogP contribution >= 0.6 is 0 Å². The Morgan fingerprint density at radius 1 is 1.24 bits per heavy atom. The standard InChI is InChI=1S/C10H21NO5.C3H6.C2H6/c1-10(2,3)16-9(13)11(4)15-8-7-14-6-5-12;1-3-2;1-2/h12H,5-8H2,1-4H3;3H,1H2,2H3;1-2H3. The first-order valence-corrected chi connectivity index (χ1v) is 7.13. The number of ether oxygens (including phenoxy) is 2. The Kier molecular flexibility index (Phi) is 20.1. The number of carbonyl (C=O) groups excluding carboxylic acids is 1. The summed E-state index contributed by atoms with van der Waals surface area (Å²) in [4.78, 5) is 16.4. The van der Waals surface area contributed by atoms with Crippen molar-refractivity contribution in [2.75, 3.05) is 33.5 Å². The molecule has 0 aliphatic heterocycles. The first-order valence-electron chi connectivity index (χ1n) is 7.13. The van der Waals surface area contributed by atoms with E-state index in [1.165, 1.54) is 7.05 Å². The topological polar surface area (TPSA) is 68.2 Å². The van der Waals surface area contributed by atoms with Gasteiger partial charge in [-0.2, -0.15) is 5.06 Å². The van der Waals surface area contributed by atoms with Crippen LogP contribution in [0.2, 0.25) is 0 Å². The third-order valence-electron chi connectivity index (χ3n) is 1.40. The number of carbonyl (C=O) groups is 1. The van der Waals surface area contributed by atoms with Gasteiger partial charge >= 0.3 is 6.09 Å². The average Bonchev–Trinajstić information content (AvgIpc) is 2.39. The summed E-state index contributed by atoms with van der Waals surface area (Å²) < 4.78 is 10.0. The molecule has 0 aromatic heterocycles. The molecule has 0 aliphatic carbocycles. The molecule has 0 aromatic rings. The molecule has 6 nitrogen and oxygen atoms in total. The van der Waals surface area contributed by atoms with Crippen molar-refractivity contribution in [3.63, 3.8) is 0 Å². The van der Waals surface area contributed by atoms with Crippen LogP contribution in [0.15, 0.2) is 12.7 Å². The molecule has 1 amide bonds. The van der Waals surface area contributed by atoms with E-state index in [0.717, 1.165) is 5.06 Å². The second-order valence-electron chi connectivity index (χ2n) is 4.56. The van der Waals surface area contributed by atoms with Crippen LogP contribution in [0.3, 0.4) is 0 Å². The zero-order valence-electron chi connectivity index (χ0n) is 14.6. The van der Waals surface area contributed by atoms with Crippen molar-refractivity contribution in [1.29, 1.82) is 0 Å². The van der Waals surface area contributed by atoms with Crippen LogP contribution in [-0.2, 0) is 14.3 Å². The second-order valence-corrected chi connectivity index (χ2v) is 4.56. The van der Waals surface area contributed by atoms with Gasteiger partial charge in [-0.15, -0.1) is 6.58 Å². The summed E-state index contributed by atoms with van der Waals surface area (Å²) >= 11 is 0. The van der Waals surface area contributed by atoms with Gasteiger partial charge in [-0.3, -0.25) is 4.84 Å². The average molecular weight is 307 g/mol. The molecular weight excluding hydrogens is 274 g/mol. The second kappa shape index (κ2) is 16.9. The summed E-state index contributed by atoms with van der Waals surface area (Å²) in [6.07, 6.45) is 1.20. The Balaban J connectivity index is -0.000000569. The molecule has 0 unspecified atom stereocenters. The smallest absolute Gasteiger partial charge is 0.434 e. The van der Waals surface area contributed by atoms with E-state index in [4.69, 9.17) is 19.4 Å². The van der Waals surface area contributed by atoms with E-state index in [0.29, 0.717) is 6.61 Å². The maximum atomic E-state index is 11.4. The molecule has 1 N–H and O–H groups in total. The summed E-state index contributed by atoms with van der Waals surface area (Å²) in [7, 11) is 1.47. The Bertz CT molecular complexity index is 239. The number of hydrogen-bond donors (Lipinski definition) is 1. The minimum absolute atomic E-state index is 0.0259. The van der Waals surface area contributed by atoms with Crippen LogP contribution in [-0.4, -0.2) is 55.3 Å². The first kappa shape index (κ1) is 24.9. The molecule has 0 radical (unpaired) electrons. The first-order chi connectivity index (χ1) is 9.78. The molecule has 0 heterocycles. The molecule has 0 spiro atoms. The summed E-state index contributed by atoms with van der Waals surface area (Å²) in [6.45, 7) is 15.4. The number of rotatable bonds is 6. The molecule has 0 aromatic carbocycles. The van der Waals surface area contributed by atoms with Gasteiger partial charge in [0.15, 0.2) is 0 Å². The molecule has 0 atom stereocenters. The van der Waals surface area contributed by atoms with Gasteiger partial charge in [0.25, 0.3) is 0 Å². The molecule has 21 heavy (non-hydrogen) atoms. The monoisotopic (exact) mass is 307 g/mol. The number of allylic oxidation sites excluding steroid dienone is 1. The third-order valence-corrected chi connectivity index (χ3v) is 1.40. The predicted molar refractivity (Wildman–Crippen MR) is 85.1 cm³/mol. The molecule has 0 saturated heterocycles. The summed E-state index contributed by atoms with van der Waals surface area (Å²) in [5, 5.41) is 9.46. The number of nitrogens with zero attached hydrogens (tertiary/aromatic N) is 1. The van der Waals surface area contributed by atoms with E-state index in [1.807, 2.05) is 20.8 Å². The molecule has 0 aliphatic rings. The van der Waals surface area contributed by atoms with Crippen molar-refractivity contribution >= 4 is 6.09 Å². The molecule has 0 rings (SSSR count). The van der Waals surface area contributed by atoms with E-state index in [1.54, 1.807) is 26.8 Å². The molecule has 0 fully saturated rings. The molecule has 0 bridgehead atoms. The molecule has 6 heteroatoms. The fourth-order valence-corrected chi connectivity index (χ4v) is 0.779. The fraction of sp³-hybridized carbons (Fsp3) is 0.800. The minimum atomic E-state index is -0.547. The fourth-order valence-electron chi connectivity index (χ4n) is 0.779. The zero-order chi connectivity index (χ0) is 17.3. The zero-order valence-corrected chi connectivity index (χ0v) is 14.6. The Hall–Kier alpha value is -1.11. The highest BCUT2D eigenvalue weighted by atomic mass is 16.7. The quantitative estimate of drug-likeness (QED) is 0.464. The van der Waals surface area contributed by atoms with Gasteiger partial charge < -0.3 is 14.6 Å². The Morgan fingerprint density at radius 3 is 2.10 bits per heavy atom. The Morgan fingerprint density at radius 2 is 1.71 bits per heavy atom. The van der Waals surface area contributed by atoms with E-state index in [-0.39, 0.29) is 19.8 Å². The number of aliphatic hydroxyl groups excluding tert-OH is 1. The maximum Gasteiger partial charge on any atom is 0.434 e. The van der Waals surface area contributed by atoms with Crippen LogP contribution in [0, 0.1) is 0 Å². The van der Waals surface area contributed by atoms with Crippen molar-refractivity contribution in [2.45, 2.75) is 47.1 Å². The summed E-state index contributed by atoms with van der Waals surface area (Å²) in [5.74, 6) is 0. The van der Waals surface area contributed by atoms with Crippen molar-refractivity contribution in [1.82, 2.24) is 5.06 Å². The third kappa shape index (κ3) is 24.3. The van der Waals surface area contributed by atoms with Crippen molar-refractivity contribution in [3.8, 4) is 0 Å². The van der Waals surface area contributed by atoms with Crippen LogP contribution in [0.1, 0.15) is 41.5 Å². The van der Waals surface area contributed by atoms with Crippen LogP contribution in [0.4, 0.5) is 4.79 Å². The number of hydroxylamine groups is 2. The van der Waals surface area contributed by atoms with E-state index < -0.39 is 11.7 Å². The largest absolute Gasteiger partial charge is 0.442 e. The maximum absolute atomic E-state index is 11.4. The number of aliphatic hydroxyl groups is 1. The van der Waals surface area contributed by atoms with E-state index >= 15 is 0 Å². The minimum Gasteiger partial charge on any atom is -0.442 e. The predicted octanol–water partition coefficient (Wildman–Crippen LogP) is 3.01. The normalized spacial score (nSPS) is 9.52. The molecule has 0 saturated carbocycles.